The number of rotatable bonds is 0. The third-order valence-corrected chi connectivity index (χ3v) is 9.30. The van der Waals surface area contributed by atoms with E-state index in [9.17, 15) is 9.90 Å². The molecule has 0 spiro atoms. The molecular weight excluding hydrogens is 284 g/mol. The molecule has 0 aliphatic heterocycles. The summed E-state index contributed by atoms with van der Waals surface area (Å²) < 4.78 is 0. The van der Waals surface area contributed by atoms with E-state index in [1.54, 1.807) is 0 Å². The first-order valence-corrected chi connectivity index (χ1v) is 9.92. The number of aliphatic hydroxyl groups excluding tert-OH is 1. The van der Waals surface area contributed by atoms with E-state index in [-0.39, 0.29) is 16.9 Å². The van der Waals surface area contributed by atoms with E-state index in [1.165, 1.54) is 32.1 Å². The fourth-order valence-electron chi connectivity index (χ4n) is 7.87. The SMILES string of the molecule is CC1(C)C(=O)CC[C@]2(C)[C@H]3CC[C@]4(C)[C@@H](O)CC[C@H]4[C@@H]3CC[C@@H]12. The standard InChI is InChI=1S/C21H34O2/c1-19(2)16-7-5-13-14-6-8-18(23)21(14,4)11-9-15(13)20(16,3)12-10-17(19)22/h13-16,18,23H,5-12H2,1-4H3/t13-,14-,15-,16-,18-,20+,21-/m0/s1. The molecule has 1 N–H and O–H groups in total. The molecule has 0 radical (unpaired) electrons. The van der Waals surface area contributed by atoms with Crippen molar-refractivity contribution in [3.63, 3.8) is 0 Å². The minimum atomic E-state index is -0.131. The van der Waals surface area contributed by atoms with E-state index < -0.39 is 0 Å². The lowest BCUT2D eigenvalue weighted by Crippen LogP contribution is -2.58. The normalized spacial score (nSPS) is 55.0. The van der Waals surface area contributed by atoms with Crippen molar-refractivity contribution in [2.45, 2.75) is 85.2 Å². The molecule has 2 heteroatoms. The number of hydrogen-bond donors (Lipinski definition) is 1. The molecule has 0 bridgehead atoms. The summed E-state index contributed by atoms with van der Waals surface area (Å²) in [5.74, 6) is 3.34. The average Bonchev–Trinajstić information content (AvgIpc) is 2.79. The monoisotopic (exact) mass is 318 g/mol. The van der Waals surface area contributed by atoms with Gasteiger partial charge in [-0.1, -0.05) is 27.7 Å². The largest absolute Gasteiger partial charge is 0.393 e. The van der Waals surface area contributed by atoms with Crippen LogP contribution in [-0.4, -0.2) is 17.0 Å². The first-order chi connectivity index (χ1) is 10.7. The molecule has 4 aliphatic carbocycles. The molecule has 0 unspecified atom stereocenters. The van der Waals surface area contributed by atoms with Crippen LogP contribution in [-0.2, 0) is 4.79 Å². The van der Waals surface area contributed by atoms with Crippen LogP contribution in [0.25, 0.3) is 0 Å². The predicted octanol–water partition coefficient (Wildman–Crippen LogP) is 4.60. The average molecular weight is 319 g/mol. The molecule has 0 aromatic heterocycles. The fraction of sp³-hybridized carbons (Fsp3) is 0.952. The van der Waals surface area contributed by atoms with Crippen LogP contribution in [0.2, 0.25) is 0 Å². The van der Waals surface area contributed by atoms with Gasteiger partial charge in [-0.2, -0.15) is 0 Å². The van der Waals surface area contributed by atoms with Crippen molar-refractivity contribution in [3.8, 4) is 0 Å². The van der Waals surface area contributed by atoms with Crippen molar-refractivity contribution in [1.82, 2.24) is 0 Å². The van der Waals surface area contributed by atoms with Crippen LogP contribution in [0, 0.1) is 39.9 Å². The van der Waals surface area contributed by atoms with E-state index in [1.807, 2.05) is 0 Å². The lowest BCUT2D eigenvalue weighted by molar-refractivity contribution is -0.166. The molecule has 0 heterocycles. The highest BCUT2D eigenvalue weighted by Gasteiger charge is 2.62. The number of hydrogen-bond acceptors (Lipinski definition) is 2. The van der Waals surface area contributed by atoms with E-state index >= 15 is 0 Å². The first kappa shape index (κ1) is 16.1. The van der Waals surface area contributed by atoms with Gasteiger partial charge in [0.1, 0.15) is 5.78 Å². The number of aliphatic hydroxyl groups is 1. The van der Waals surface area contributed by atoms with Crippen LogP contribution in [0.15, 0.2) is 0 Å². The molecule has 2 nitrogen and oxygen atoms in total. The van der Waals surface area contributed by atoms with Gasteiger partial charge in [0.15, 0.2) is 0 Å². The van der Waals surface area contributed by atoms with Gasteiger partial charge >= 0.3 is 0 Å². The van der Waals surface area contributed by atoms with E-state index in [2.05, 4.69) is 27.7 Å². The van der Waals surface area contributed by atoms with Gasteiger partial charge in [0.25, 0.3) is 0 Å². The Hall–Kier alpha value is -0.370. The summed E-state index contributed by atoms with van der Waals surface area (Å²) in [5, 5.41) is 10.5. The summed E-state index contributed by atoms with van der Waals surface area (Å²) in [4.78, 5) is 12.5. The molecule has 4 saturated carbocycles. The van der Waals surface area contributed by atoms with Crippen molar-refractivity contribution >= 4 is 5.78 Å². The summed E-state index contributed by atoms with van der Waals surface area (Å²) >= 11 is 0. The maximum Gasteiger partial charge on any atom is 0.138 e. The van der Waals surface area contributed by atoms with E-state index in [0.29, 0.717) is 17.1 Å². The van der Waals surface area contributed by atoms with Crippen molar-refractivity contribution in [3.05, 3.63) is 0 Å². The van der Waals surface area contributed by atoms with E-state index in [0.717, 1.165) is 37.0 Å². The Kier molecular flexibility index (Phi) is 3.39. The fourth-order valence-corrected chi connectivity index (χ4v) is 7.87. The van der Waals surface area contributed by atoms with Crippen molar-refractivity contribution in [2.75, 3.05) is 0 Å². The third kappa shape index (κ3) is 1.94. The molecule has 23 heavy (non-hydrogen) atoms. The molecule has 0 aromatic rings. The van der Waals surface area contributed by atoms with Gasteiger partial charge < -0.3 is 5.11 Å². The molecule has 4 aliphatic rings. The van der Waals surface area contributed by atoms with Crippen LogP contribution in [0.4, 0.5) is 0 Å². The van der Waals surface area contributed by atoms with Crippen molar-refractivity contribution < 1.29 is 9.90 Å². The Balaban J connectivity index is 1.68. The zero-order chi connectivity index (χ0) is 16.6. The Morgan fingerprint density at radius 3 is 2.30 bits per heavy atom. The Labute approximate surface area is 141 Å². The van der Waals surface area contributed by atoms with Gasteiger partial charge in [-0.15, -0.1) is 0 Å². The highest BCUT2D eigenvalue weighted by Crippen LogP contribution is 2.68. The summed E-state index contributed by atoms with van der Waals surface area (Å²) in [5.41, 5.74) is 0.382. The molecule has 4 fully saturated rings. The quantitative estimate of drug-likeness (QED) is 0.709. The van der Waals surface area contributed by atoms with Crippen LogP contribution in [0.1, 0.15) is 79.1 Å². The maximum atomic E-state index is 12.5. The van der Waals surface area contributed by atoms with Gasteiger partial charge in [-0.25, -0.2) is 0 Å². The van der Waals surface area contributed by atoms with Crippen LogP contribution >= 0.6 is 0 Å². The predicted molar refractivity (Wildman–Crippen MR) is 91.9 cm³/mol. The molecule has 130 valence electrons. The van der Waals surface area contributed by atoms with Gasteiger partial charge in [0.05, 0.1) is 6.10 Å². The topological polar surface area (TPSA) is 37.3 Å². The summed E-state index contributed by atoms with van der Waals surface area (Å²) in [6, 6.07) is 0. The second-order valence-corrected chi connectivity index (χ2v) is 10.3. The summed E-state index contributed by atoms with van der Waals surface area (Å²) in [6.07, 6.45) is 9.01. The molecule has 4 rings (SSSR count). The molecule has 0 amide bonds. The number of carbonyl (C=O) groups is 1. The molecule has 7 atom stereocenters. The zero-order valence-electron chi connectivity index (χ0n) is 15.4. The highest BCUT2D eigenvalue weighted by atomic mass is 16.3. The van der Waals surface area contributed by atoms with Crippen LogP contribution in [0.3, 0.4) is 0 Å². The Bertz CT molecular complexity index is 524. The second kappa shape index (κ2) is 4.84. The highest BCUT2D eigenvalue weighted by molar-refractivity contribution is 5.85. The Morgan fingerprint density at radius 1 is 0.870 bits per heavy atom. The maximum absolute atomic E-state index is 12.5. The summed E-state index contributed by atoms with van der Waals surface area (Å²) in [6.45, 7) is 9.29. The van der Waals surface area contributed by atoms with E-state index in [4.69, 9.17) is 0 Å². The van der Waals surface area contributed by atoms with Crippen molar-refractivity contribution in [1.29, 1.82) is 0 Å². The number of ketones is 1. The number of carbonyl (C=O) groups excluding carboxylic acids is 1. The molecular formula is C21H34O2. The molecule has 0 saturated heterocycles. The smallest absolute Gasteiger partial charge is 0.138 e. The van der Waals surface area contributed by atoms with Gasteiger partial charge in [-0.3, -0.25) is 4.79 Å². The van der Waals surface area contributed by atoms with Gasteiger partial charge in [0, 0.05) is 11.8 Å². The van der Waals surface area contributed by atoms with Gasteiger partial charge in [-0.05, 0) is 79.4 Å². The lowest BCUT2D eigenvalue weighted by Gasteiger charge is -2.63. The third-order valence-electron chi connectivity index (χ3n) is 9.30. The number of Topliss-reactive ketones (excluding diaryl/α,β-unsaturated/α-hetero) is 1. The number of fused-ring (bicyclic) bond motifs is 5. The second-order valence-electron chi connectivity index (χ2n) is 10.3. The lowest BCUT2D eigenvalue weighted by atomic mass is 9.41. The van der Waals surface area contributed by atoms with Gasteiger partial charge in [0.2, 0.25) is 0 Å². The molecule has 0 aromatic carbocycles. The minimum absolute atomic E-state index is 0.0802. The Morgan fingerprint density at radius 2 is 1.57 bits per heavy atom. The summed E-state index contributed by atoms with van der Waals surface area (Å²) in [7, 11) is 0. The first-order valence-electron chi connectivity index (χ1n) is 9.92. The van der Waals surface area contributed by atoms with Crippen LogP contribution < -0.4 is 0 Å². The van der Waals surface area contributed by atoms with Crippen LogP contribution in [0.5, 0.6) is 0 Å². The minimum Gasteiger partial charge on any atom is -0.393 e. The van der Waals surface area contributed by atoms with Crippen molar-refractivity contribution in [2.24, 2.45) is 39.9 Å². The zero-order valence-corrected chi connectivity index (χ0v) is 15.4.